The molecular weight excluding hydrogens is 462 g/mol. The molecule has 0 bridgehead atoms. The predicted molar refractivity (Wildman–Crippen MR) is 119 cm³/mol. The molecule has 3 rings (SSSR count). The Morgan fingerprint density at radius 1 is 0.897 bits per heavy atom. The maximum absolute atomic E-state index is 5.86. The van der Waals surface area contributed by atoms with Gasteiger partial charge < -0.3 is 24.3 Å². The topological polar surface area (TPSA) is 74.7 Å². The van der Waals surface area contributed by atoms with Crippen LogP contribution in [0.25, 0.3) is 10.9 Å². The summed E-state index contributed by atoms with van der Waals surface area (Å²) in [5, 5.41) is 4.16. The number of rotatable bonds is 10. The highest BCUT2D eigenvalue weighted by molar-refractivity contribution is 9.10. The Balaban J connectivity index is 0.00000300. The summed E-state index contributed by atoms with van der Waals surface area (Å²) < 4.78 is 22.8. The number of ether oxygens (including phenoxy) is 4. The molecule has 0 saturated heterocycles. The van der Waals surface area contributed by atoms with E-state index in [2.05, 4.69) is 31.2 Å². The third-order valence-corrected chi connectivity index (χ3v) is 4.37. The second-order valence-electron chi connectivity index (χ2n) is 5.86. The lowest BCUT2D eigenvalue weighted by atomic mass is 10.2. The van der Waals surface area contributed by atoms with Crippen molar-refractivity contribution in [3.05, 3.63) is 47.2 Å². The number of methoxy groups -OCH3 is 2. The normalized spacial score (nSPS) is 10.4. The largest absolute Gasteiger partial charge is 0.487 e. The van der Waals surface area contributed by atoms with Crippen molar-refractivity contribution in [2.45, 2.75) is 0 Å². The van der Waals surface area contributed by atoms with E-state index in [1.165, 1.54) is 6.33 Å². The van der Waals surface area contributed by atoms with Gasteiger partial charge in [0, 0.05) is 35.8 Å². The van der Waals surface area contributed by atoms with Crippen LogP contribution in [0.1, 0.15) is 0 Å². The van der Waals surface area contributed by atoms with Crippen molar-refractivity contribution in [2.24, 2.45) is 0 Å². The van der Waals surface area contributed by atoms with Crippen LogP contribution in [0.3, 0.4) is 0 Å². The molecule has 29 heavy (non-hydrogen) atoms. The van der Waals surface area contributed by atoms with Crippen LogP contribution in [-0.4, -0.2) is 50.6 Å². The summed E-state index contributed by atoms with van der Waals surface area (Å²) in [6.45, 7) is 1.78. The number of hydrogen-bond donors (Lipinski definition) is 1. The van der Waals surface area contributed by atoms with Crippen molar-refractivity contribution in [3.63, 3.8) is 0 Å². The van der Waals surface area contributed by atoms with Gasteiger partial charge in [0.05, 0.1) is 18.7 Å². The number of nitrogens with one attached hydrogen (secondary N) is 1. The van der Waals surface area contributed by atoms with Gasteiger partial charge in [0.2, 0.25) is 0 Å². The van der Waals surface area contributed by atoms with Crippen molar-refractivity contribution < 1.29 is 18.9 Å². The van der Waals surface area contributed by atoms with Crippen LogP contribution in [-0.2, 0) is 9.47 Å². The third kappa shape index (κ3) is 6.43. The molecule has 0 fully saturated rings. The summed E-state index contributed by atoms with van der Waals surface area (Å²) in [6, 6.07) is 11.6. The van der Waals surface area contributed by atoms with Gasteiger partial charge in [-0.2, -0.15) is 0 Å². The van der Waals surface area contributed by atoms with E-state index in [1.54, 1.807) is 14.2 Å². The molecule has 0 unspecified atom stereocenters. The first-order chi connectivity index (χ1) is 13.7. The number of hydrogen-bond acceptors (Lipinski definition) is 7. The SMILES string of the molecule is COCCOc1cc2ncnc(Nc3cccc(Br)c3)c2cc1OCCOC.Cl. The van der Waals surface area contributed by atoms with Gasteiger partial charge in [-0.1, -0.05) is 22.0 Å². The van der Waals surface area contributed by atoms with E-state index < -0.39 is 0 Å². The van der Waals surface area contributed by atoms with Gasteiger partial charge >= 0.3 is 0 Å². The summed E-state index contributed by atoms with van der Waals surface area (Å²) in [4.78, 5) is 8.77. The highest BCUT2D eigenvalue weighted by Gasteiger charge is 2.13. The lowest BCUT2D eigenvalue weighted by Crippen LogP contribution is -2.09. The van der Waals surface area contributed by atoms with Gasteiger partial charge in [0.1, 0.15) is 25.4 Å². The van der Waals surface area contributed by atoms with E-state index >= 15 is 0 Å². The fourth-order valence-corrected chi connectivity index (χ4v) is 2.96. The zero-order valence-electron chi connectivity index (χ0n) is 16.2. The Kier molecular flexibility index (Phi) is 9.40. The van der Waals surface area contributed by atoms with Crippen LogP contribution in [0.15, 0.2) is 47.2 Å². The summed E-state index contributed by atoms with van der Waals surface area (Å²) in [5.41, 5.74) is 1.66. The van der Waals surface area contributed by atoms with Crippen molar-refractivity contribution >= 4 is 50.7 Å². The Labute approximate surface area is 184 Å². The summed E-state index contributed by atoms with van der Waals surface area (Å²) >= 11 is 3.48. The quantitative estimate of drug-likeness (QED) is 0.421. The number of fused-ring (bicyclic) bond motifs is 1. The fourth-order valence-electron chi connectivity index (χ4n) is 2.56. The van der Waals surface area contributed by atoms with E-state index in [-0.39, 0.29) is 12.4 Å². The first-order valence-electron chi connectivity index (χ1n) is 8.76. The number of aromatic nitrogens is 2. The third-order valence-electron chi connectivity index (χ3n) is 3.88. The molecule has 156 valence electrons. The molecule has 0 saturated carbocycles. The van der Waals surface area contributed by atoms with Crippen molar-refractivity contribution in [1.82, 2.24) is 9.97 Å². The predicted octanol–water partition coefficient (Wildman–Crippen LogP) is 4.61. The van der Waals surface area contributed by atoms with Gasteiger partial charge in [0.15, 0.2) is 11.5 Å². The standard InChI is InChI=1S/C20H22BrN3O4.ClH/c1-25-6-8-27-18-11-16-17(12-19(18)28-9-7-26-2)22-13-23-20(16)24-15-5-3-4-14(21)10-15;/h3-5,10-13H,6-9H2,1-2H3,(H,22,23,24);1H. The summed E-state index contributed by atoms with van der Waals surface area (Å²) in [7, 11) is 3.26. The molecule has 0 aliphatic carbocycles. The van der Waals surface area contributed by atoms with Crippen molar-refractivity contribution in [3.8, 4) is 11.5 Å². The van der Waals surface area contributed by atoms with Crippen molar-refractivity contribution in [2.75, 3.05) is 46.0 Å². The second kappa shape index (κ2) is 11.8. The fraction of sp³-hybridized carbons (Fsp3) is 0.300. The van der Waals surface area contributed by atoms with Crippen LogP contribution in [0, 0.1) is 0 Å². The number of nitrogens with zero attached hydrogens (tertiary/aromatic N) is 2. The van der Waals surface area contributed by atoms with E-state index in [4.69, 9.17) is 18.9 Å². The zero-order chi connectivity index (χ0) is 19.8. The Bertz CT molecular complexity index is 929. The molecule has 1 aromatic heterocycles. The number of benzene rings is 2. The number of anilines is 2. The average Bonchev–Trinajstić information content (AvgIpc) is 2.69. The lowest BCUT2D eigenvalue weighted by Gasteiger charge is -2.15. The molecule has 2 aromatic carbocycles. The maximum atomic E-state index is 5.86. The zero-order valence-corrected chi connectivity index (χ0v) is 18.6. The Hall–Kier alpha value is -2.13. The minimum absolute atomic E-state index is 0. The number of halogens is 2. The lowest BCUT2D eigenvalue weighted by molar-refractivity contribution is 0.132. The van der Waals surface area contributed by atoms with Gasteiger partial charge in [-0.15, -0.1) is 12.4 Å². The molecule has 1 N–H and O–H groups in total. The minimum Gasteiger partial charge on any atom is -0.487 e. The molecule has 1 heterocycles. The molecule has 7 nitrogen and oxygen atoms in total. The first kappa shape index (κ1) is 23.2. The Morgan fingerprint density at radius 2 is 1.59 bits per heavy atom. The molecular formula is C20H23BrClN3O4. The molecule has 0 aliphatic heterocycles. The monoisotopic (exact) mass is 483 g/mol. The van der Waals surface area contributed by atoms with Crippen LogP contribution in [0.5, 0.6) is 11.5 Å². The van der Waals surface area contributed by atoms with Crippen molar-refractivity contribution in [1.29, 1.82) is 0 Å². The van der Waals surface area contributed by atoms with Crippen LogP contribution >= 0.6 is 28.3 Å². The highest BCUT2D eigenvalue weighted by atomic mass is 79.9. The molecule has 0 aliphatic rings. The first-order valence-corrected chi connectivity index (χ1v) is 9.55. The smallest absolute Gasteiger partial charge is 0.163 e. The van der Waals surface area contributed by atoms with Gasteiger partial charge in [-0.25, -0.2) is 9.97 Å². The van der Waals surface area contributed by atoms with Gasteiger partial charge in [0.25, 0.3) is 0 Å². The molecule has 0 radical (unpaired) electrons. The summed E-state index contributed by atoms with van der Waals surface area (Å²) in [5.74, 6) is 1.89. The average molecular weight is 485 g/mol. The molecule has 0 amide bonds. The maximum Gasteiger partial charge on any atom is 0.163 e. The highest BCUT2D eigenvalue weighted by Crippen LogP contribution is 2.35. The van der Waals surface area contributed by atoms with Crippen LogP contribution in [0.4, 0.5) is 11.5 Å². The Morgan fingerprint density at radius 3 is 2.24 bits per heavy atom. The van der Waals surface area contributed by atoms with Gasteiger partial charge in [-0.05, 0) is 24.3 Å². The van der Waals surface area contributed by atoms with E-state index in [1.807, 2.05) is 36.4 Å². The molecule has 3 aromatic rings. The molecule has 0 atom stereocenters. The van der Waals surface area contributed by atoms with E-state index in [0.29, 0.717) is 43.7 Å². The summed E-state index contributed by atoms with van der Waals surface area (Å²) in [6.07, 6.45) is 1.52. The van der Waals surface area contributed by atoms with E-state index in [0.717, 1.165) is 21.1 Å². The van der Waals surface area contributed by atoms with E-state index in [9.17, 15) is 0 Å². The van der Waals surface area contributed by atoms with Gasteiger partial charge in [-0.3, -0.25) is 0 Å². The minimum atomic E-state index is 0. The molecule has 0 spiro atoms. The van der Waals surface area contributed by atoms with Crippen LogP contribution in [0.2, 0.25) is 0 Å². The van der Waals surface area contributed by atoms with Crippen LogP contribution < -0.4 is 14.8 Å². The molecule has 9 heteroatoms. The second-order valence-corrected chi connectivity index (χ2v) is 6.77.